The minimum atomic E-state index is -0.439. The van der Waals surface area contributed by atoms with E-state index < -0.39 is 5.91 Å². The number of hydrogen-bond donors (Lipinski definition) is 1. The fourth-order valence-corrected chi connectivity index (χ4v) is 2.19. The van der Waals surface area contributed by atoms with Crippen molar-refractivity contribution in [2.75, 3.05) is 5.32 Å². The van der Waals surface area contributed by atoms with Crippen molar-refractivity contribution in [2.24, 2.45) is 7.05 Å². The number of nitrogens with one attached hydrogen (secondary N) is 1. The zero-order valence-corrected chi connectivity index (χ0v) is 13.9. The molecule has 0 spiro atoms. The van der Waals surface area contributed by atoms with Crippen LogP contribution in [-0.2, 0) is 13.8 Å². The van der Waals surface area contributed by atoms with Gasteiger partial charge in [-0.15, -0.1) is 0 Å². The van der Waals surface area contributed by atoms with Crippen LogP contribution < -0.4 is 10.1 Å². The van der Waals surface area contributed by atoms with Gasteiger partial charge in [0.05, 0.1) is 6.20 Å². The van der Waals surface area contributed by atoms with E-state index >= 15 is 0 Å². The molecule has 3 aromatic rings. The summed E-state index contributed by atoms with van der Waals surface area (Å²) in [4.78, 5) is 12.3. The van der Waals surface area contributed by atoms with Crippen LogP contribution in [0.1, 0.15) is 16.1 Å². The summed E-state index contributed by atoms with van der Waals surface area (Å²) in [6, 6.07) is 10.5. The molecule has 126 valence electrons. The van der Waals surface area contributed by atoms with Crippen LogP contribution in [0.3, 0.4) is 0 Å². The number of ether oxygens (including phenoxy) is 1. The molecular formula is C16H13ClN6O2. The lowest BCUT2D eigenvalue weighted by molar-refractivity contribution is 0.101. The number of hydrogen-bond acceptors (Lipinski definition) is 5. The maximum absolute atomic E-state index is 12.3. The molecule has 0 saturated carbocycles. The number of benzene rings is 1. The SMILES string of the molecule is Cn1ncc(C#N)c1NC(=O)c1ccn(COc2ccc(Cl)cc2)n1. The summed E-state index contributed by atoms with van der Waals surface area (Å²) in [5, 5.41) is 20.3. The highest BCUT2D eigenvalue weighted by molar-refractivity contribution is 6.30. The van der Waals surface area contributed by atoms with E-state index in [0.29, 0.717) is 16.6 Å². The summed E-state index contributed by atoms with van der Waals surface area (Å²) in [6.07, 6.45) is 3.01. The van der Waals surface area contributed by atoms with Crippen molar-refractivity contribution in [2.45, 2.75) is 6.73 Å². The molecule has 25 heavy (non-hydrogen) atoms. The van der Waals surface area contributed by atoms with Crippen molar-refractivity contribution in [3.05, 3.63) is 59.0 Å². The van der Waals surface area contributed by atoms with E-state index in [1.807, 2.05) is 6.07 Å². The molecule has 1 N–H and O–H groups in total. The molecule has 0 radical (unpaired) electrons. The van der Waals surface area contributed by atoms with Crippen LogP contribution in [-0.4, -0.2) is 25.5 Å². The first kappa shape index (κ1) is 16.5. The van der Waals surface area contributed by atoms with Crippen LogP contribution in [0.2, 0.25) is 5.02 Å². The zero-order valence-electron chi connectivity index (χ0n) is 13.2. The topological polar surface area (TPSA) is 97.8 Å². The Hall–Kier alpha value is -3.31. The smallest absolute Gasteiger partial charge is 0.277 e. The molecule has 1 amide bonds. The lowest BCUT2D eigenvalue weighted by atomic mass is 10.3. The molecule has 0 bridgehead atoms. The lowest BCUT2D eigenvalue weighted by Gasteiger charge is -2.06. The van der Waals surface area contributed by atoms with Gasteiger partial charge in [0.25, 0.3) is 5.91 Å². The van der Waals surface area contributed by atoms with Gasteiger partial charge < -0.3 is 10.1 Å². The minimum absolute atomic E-state index is 0.143. The van der Waals surface area contributed by atoms with Crippen molar-refractivity contribution in [1.29, 1.82) is 5.26 Å². The molecule has 0 unspecified atom stereocenters. The van der Waals surface area contributed by atoms with Gasteiger partial charge >= 0.3 is 0 Å². The fraction of sp³-hybridized carbons (Fsp3) is 0.125. The Labute approximate surface area is 148 Å². The quantitative estimate of drug-likeness (QED) is 0.757. The average molecular weight is 357 g/mol. The molecule has 0 aliphatic heterocycles. The Morgan fingerprint density at radius 3 is 2.84 bits per heavy atom. The van der Waals surface area contributed by atoms with Gasteiger partial charge in [-0.3, -0.25) is 9.48 Å². The number of halogens is 1. The number of carbonyl (C=O) groups excluding carboxylic acids is 1. The third-order valence-corrected chi connectivity index (χ3v) is 3.59. The molecule has 2 aromatic heterocycles. The fourth-order valence-electron chi connectivity index (χ4n) is 2.07. The van der Waals surface area contributed by atoms with Crippen molar-refractivity contribution in [1.82, 2.24) is 19.6 Å². The molecule has 8 nitrogen and oxygen atoms in total. The molecule has 1 aromatic carbocycles. The number of rotatable bonds is 5. The molecule has 9 heteroatoms. The molecule has 0 atom stereocenters. The second kappa shape index (κ2) is 7.07. The summed E-state index contributed by atoms with van der Waals surface area (Å²) in [7, 11) is 1.63. The molecule has 0 aliphatic carbocycles. The van der Waals surface area contributed by atoms with E-state index in [-0.39, 0.29) is 18.0 Å². The van der Waals surface area contributed by atoms with Crippen LogP contribution in [0.4, 0.5) is 5.82 Å². The second-order valence-corrected chi connectivity index (χ2v) is 5.50. The lowest BCUT2D eigenvalue weighted by Crippen LogP contribution is -2.17. The summed E-state index contributed by atoms with van der Waals surface area (Å²) < 4.78 is 8.45. The molecule has 0 saturated heterocycles. The largest absolute Gasteiger partial charge is 0.471 e. The maximum Gasteiger partial charge on any atom is 0.277 e. The monoisotopic (exact) mass is 356 g/mol. The van der Waals surface area contributed by atoms with Crippen molar-refractivity contribution in [3.8, 4) is 11.8 Å². The standard InChI is InChI=1S/C16H13ClN6O2/c1-22-15(11(8-18)9-19-22)20-16(24)14-6-7-23(21-14)10-25-13-4-2-12(17)3-5-13/h2-7,9H,10H2,1H3,(H,20,24). The van der Waals surface area contributed by atoms with Crippen LogP contribution in [0.15, 0.2) is 42.7 Å². The Kier molecular flexibility index (Phi) is 4.68. The Bertz CT molecular complexity index is 938. The minimum Gasteiger partial charge on any atom is -0.471 e. The Balaban J connectivity index is 1.64. The molecular weight excluding hydrogens is 344 g/mol. The summed E-state index contributed by atoms with van der Waals surface area (Å²) >= 11 is 5.81. The average Bonchev–Trinajstić information content (AvgIpc) is 3.22. The first-order valence-corrected chi connectivity index (χ1v) is 7.60. The number of aryl methyl sites for hydroxylation is 1. The van der Waals surface area contributed by atoms with E-state index in [1.165, 1.54) is 15.6 Å². The predicted molar refractivity (Wildman–Crippen MR) is 90.2 cm³/mol. The van der Waals surface area contributed by atoms with Gasteiger partial charge in [-0.05, 0) is 30.3 Å². The molecule has 3 rings (SSSR count). The molecule has 2 heterocycles. The number of carbonyl (C=O) groups is 1. The van der Waals surface area contributed by atoms with Crippen LogP contribution in [0.25, 0.3) is 0 Å². The van der Waals surface area contributed by atoms with Gasteiger partial charge in [0, 0.05) is 18.3 Å². The summed E-state index contributed by atoms with van der Waals surface area (Å²) in [6.45, 7) is 0.143. The zero-order chi connectivity index (χ0) is 17.8. The number of anilines is 1. The second-order valence-electron chi connectivity index (χ2n) is 5.06. The van der Waals surface area contributed by atoms with Gasteiger partial charge in [-0.1, -0.05) is 11.6 Å². The number of nitrogens with zero attached hydrogens (tertiary/aromatic N) is 5. The van der Waals surface area contributed by atoms with E-state index in [9.17, 15) is 4.79 Å². The Morgan fingerprint density at radius 2 is 2.12 bits per heavy atom. The highest BCUT2D eigenvalue weighted by Gasteiger charge is 2.15. The first-order valence-electron chi connectivity index (χ1n) is 7.22. The number of nitriles is 1. The third-order valence-electron chi connectivity index (χ3n) is 3.34. The predicted octanol–water partition coefficient (Wildman–Crippen LogP) is 2.43. The summed E-state index contributed by atoms with van der Waals surface area (Å²) in [5.74, 6) is 0.518. The highest BCUT2D eigenvalue weighted by Crippen LogP contribution is 2.16. The van der Waals surface area contributed by atoms with Gasteiger partial charge in [-0.25, -0.2) is 4.68 Å². The van der Waals surface area contributed by atoms with Crippen LogP contribution >= 0.6 is 11.6 Å². The molecule has 0 fully saturated rings. The van der Waals surface area contributed by atoms with Gasteiger partial charge in [0.15, 0.2) is 12.4 Å². The highest BCUT2D eigenvalue weighted by atomic mass is 35.5. The van der Waals surface area contributed by atoms with Crippen LogP contribution in [0.5, 0.6) is 5.75 Å². The van der Waals surface area contributed by atoms with E-state index in [2.05, 4.69) is 15.5 Å². The number of aromatic nitrogens is 4. The van der Waals surface area contributed by atoms with Gasteiger partial charge in [0.2, 0.25) is 0 Å². The Morgan fingerprint density at radius 1 is 1.36 bits per heavy atom. The van der Waals surface area contributed by atoms with Crippen molar-refractivity contribution < 1.29 is 9.53 Å². The van der Waals surface area contributed by atoms with E-state index in [0.717, 1.165) is 0 Å². The first-order chi connectivity index (χ1) is 12.1. The molecule has 0 aliphatic rings. The van der Waals surface area contributed by atoms with Gasteiger partial charge in [-0.2, -0.15) is 15.5 Å². The maximum atomic E-state index is 12.3. The van der Waals surface area contributed by atoms with Gasteiger partial charge in [0.1, 0.15) is 23.2 Å². The summed E-state index contributed by atoms with van der Waals surface area (Å²) in [5.41, 5.74) is 0.478. The van der Waals surface area contributed by atoms with Crippen molar-refractivity contribution >= 4 is 23.3 Å². The van der Waals surface area contributed by atoms with Crippen molar-refractivity contribution in [3.63, 3.8) is 0 Å². The normalized spacial score (nSPS) is 10.3. The number of amides is 1. The van der Waals surface area contributed by atoms with Crippen LogP contribution in [0, 0.1) is 11.3 Å². The van der Waals surface area contributed by atoms with E-state index in [1.54, 1.807) is 43.6 Å². The van der Waals surface area contributed by atoms with E-state index in [4.69, 9.17) is 21.6 Å². The third kappa shape index (κ3) is 3.79.